The number of hydrogen-bond acceptors (Lipinski definition) is 3. The fraction of sp³-hybridized carbons (Fsp3) is 0.562. The fourth-order valence-corrected chi connectivity index (χ4v) is 4.00. The maximum absolute atomic E-state index is 8.67. The summed E-state index contributed by atoms with van der Waals surface area (Å²) in [6, 6.07) is 7.89. The molecule has 3 N–H and O–H groups in total. The van der Waals surface area contributed by atoms with Crippen LogP contribution >= 0.6 is 0 Å². The topological polar surface area (TPSA) is 61.8 Å². The first kappa shape index (κ1) is 13.3. The number of amidine groups is 1. The summed E-state index contributed by atoms with van der Waals surface area (Å²) in [6.07, 6.45) is 5.77. The summed E-state index contributed by atoms with van der Waals surface area (Å²) in [5.41, 5.74) is 7.53. The molecule has 108 valence electrons. The maximum atomic E-state index is 8.67. The van der Waals surface area contributed by atoms with Crippen molar-refractivity contribution in [2.45, 2.75) is 25.7 Å². The van der Waals surface area contributed by atoms with Crippen LogP contribution in [0.1, 0.15) is 31.2 Å². The van der Waals surface area contributed by atoms with Crippen molar-refractivity contribution in [2.24, 2.45) is 28.6 Å². The molecule has 3 atom stereocenters. The highest BCUT2D eigenvalue weighted by molar-refractivity contribution is 5.97. The van der Waals surface area contributed by atoms with E-state index in [4.69, 9.17) is 10.9 Å². The van der Waals surface area contributed by atoms with E-state index in [-0.39, 0.29) is 5.84 Å². The molecule has 2 saturated carbocycles. The summed E-state index contributed by atoms with van der Waals surface area (Å²) in [5.74, 6) is 2.98. The lowest BCUT2D eigenvalue weighted by molar-refractivity contribution is 0.318. The van der Waals surface area contributed by atoms with Gasteiger partial charge >= 0.3 is 0 Å². The van der Waals surface area contributed by atoms with E-state index >= 15 is 0 Å². The molecule has 2 aliphatic rings. The van der Waals surface area contributed by atoms with E-state index in [9.17, 15) is 0 Å². The van der Waals surface area contributed by atoms with Gasteiger partial charge in [-0.3, -0.25) is 0 Å². The maximum Gasteiger partial charge on any atom is 0.170 e. The lowest BCUT2D eigenvalue weighted by atomic mass is 9.88. The minimum Gasteiger partial charge on any atom is -0.409 e. The number of hydrogen-bond donors (Lipinski definition) is 2. The van der Waals surface area contributed by atoms with Gasteiger partial charge in [-0.25, -0.2) is 0 Å². The van der Waals surface area contributed by atoms with Crippen LogP contribution in [0.4, 0.5) is 5.69 Å². The van der Waals surface area contributed by atoms with Gasteiger partial charge in [-0.15, -0.1) is 0 Å². The highest BCUT2D eigenvalue weighted by Crippen LogP contribution is 2.48. The molecule has 0 heterocycles. The normalized spacial score (nSPS) is 28.9. The number of fused-ring (bicyclic) bond motifs is 2. The van der Waals surface area contributed by atoms with Gasteiger partial charge in [0.2, 0.25) is 0 Å². The van der Waals surface area contributed by atoms with Crippen molar-refractivity contribution in [1.29, 1.82) is 0 Å². The molecule has 3 rings (SSSR count). The Morgan fingerprint density at radius 3 is 2.60 bits per heavy atom. The monoisotopic (exact) mass is 273 g/mol. The first-order chi connectivity index (χ1) is 9.67. The molecular formula is C16H23N3O. The second-order valence-corrected chi connectivity index (χ2v) is 6.35. The largest absolute Gasteiger partial charge is 0.409 e. The first-order valence-corrected chi connectivity index (χ1v) is 7.46. The molecule has 0 radical (unpaired) electrons. The molecule has 1 aromatic carbocycles. The van der Waals surface area contributed by atoms with E-state index in [2.05, 4.69) is 17.1 Å². The van der Waals surface area contributed by atoms with Gasteiger partial charge in [0, 0.05) is 24.8 Å². The van der Waals surface area contributed by atoms with Gasteiger partial charge in [0.25, 0.3) is 0 Å². The Kier molecular flexibility index (Phi) is 3.55. The zero-order chi connectivity index (χ0) is 14.1. The van der Waals surface area contributed by atoms with Crippen LogP contribution in [0.3, 0.4) is 0 Å². The summed E-state index contributed by atoms with van der Waals surface area (Å²) in [7, 11) is 2.16. The molecule has 0 amide bonds. The van der Waals surface area contributed by atoms with Crippen molar-refractivity contribution < 1.29 is 5.21 Å². The molecule has 3 unspecified atom stereocenters. The summed E-state index contributed by atoms with van der Waals surface area (Å²) >= 11 is 0. The Morgan fingerprint density at radius 2 is 2.05 bits per heavy atom. The van der Waals surface area contributed by atoms with Crippen LogP contribution in [0.25, 0.3) is 0 Å². The quantitative estimate of drug-likeness (QED) is 0.384. The lowest BCUT2D eigenvalue weighted by Crippen LogP contribution is -2.28. The molecule has 0 spiro atoms. The molecule has 0 saturated heterocycles. The summed E-state index contributed by atoms with van der Waals surface area (Å²) in [6.45, 7) is 1.14. The molecule has 2 bridgehead atoms. The van der Waals surface area contributed by atoms with Crippen LogP contribution in [0.2, 0.25) is 0 Å². The Labute approximate surface area is 120 Å². The first-order valence-electron chi connectivity index (χ1n) is 7.46. The second kappa shape index (κ2) is 5.35. The SMILES string of the molecule is CN(CC1CC2CCC1C2)c1ccc(C(N)=NO)cc1. The molecule has 0 aromatic heterocycles. The summed E-state index contributed by atoms with van der Waals surface area (Å²) in [5, 5.41) is 11.7. The van der Waals surface area contributed by atoms with Gasteiger partial charge in [0.05, 0.1) is 0 Å². The molecular weight excluding hydrogens is 250 g/mol. The number of anilines is 1. The second-order valence-electron chi connectivity index (χ2n) is 6.35. The molecule has 4 nitrogen and oxygen atoms in total. The molecule has 2 aliphatic carbocycles. The Hall–Kier alpha value is -1.71. The van der Waals surface area contributed by atoms with E-state index in [1.165, 1.54) is 31.4 Å². The highest BCUT2D eigenvalue weighted by atomic mass is 16.4. The van der Waals surface area contributed by atoms with Crippen LogP contribution in [-0.2, 0) is 0 Å². The zero-order valence-corrected chi connectivity index (χ0v) is 12.0. The number of oxime groups is 1. The minimum absolute atomic E-state index is 0.160. The van der Waals surface area contributed by atoms with E-state index in [0.717, 1.165) is 29.9 Å². The predicted molar refractivity (Wildman–Crippen MR) is 81.2 cm³/mol. The number of nitrogens with two attached hydrogens (primary N) is 1. The number of nitrogens with zero attached hydrogens (tertiary/aromatic N) is 2. The third-order valence-corrected chi connectivity index (χ3v) is 5.10. The smallest absolute Gasteiger partial charge is 0.170 e. The van der Waals surface area contributed by atoms with Crippen LogP contribution in [0.15, 0.2) is 29.4 Å². The molecule has 0 aliphatic heterocycles. The highest BCUT2D eigenvalue weighted by Gasteiger charge is 2.39. The van der Waals surface area contributed by atoms with Crippen molar-refractivity contribution in [3.63, 3.8) is 0 Å². The van der Waals surface area contributed by atoms with Gasteiger partial charge in [-0.1, -0.05) is 11.6 Å². The average molecular weight is 273 g/mol. The van der Waals surface area contributed by atoms with Crippen molar-refractivity contribution in [1.82, 2.24) is 0 Å². The molecule has 20 heavy (non-hydrogen) atoms. The van der Waals surface area contributed by atoms with Gasteiger partial charge in [0.1, 0.15) is 0 Å². The van der Waals surface area contributed by atoms with Crippen molar-refractivity contribution in [3.05, 3.63) is 29.8 Å². The summed E-state index contributed by atoms with van der Waals surface area (Å²) in [4.78, 5) is 2.33. The Bertz CT molecular complexity index is 497. The third kappa shape index (κ3) is 2.47. The van der Waals surface area contributed by atoms with Crippen molar-refractivity contribution in [3.8, 4) is 0 Å². The van der Waals surface area contributed by atoms with Crippen LogP contribution in [0, 0.1) is 17.8 Å². The number of benzene rings is 1. The Balaban J connectivity index is 1.64. The lowest BCUT2D eigenvalue weighted by Gasteiger charge is -2.28. The molecule has 4 heteroatoms. The van der Waals surface area contributed by atoms with Gasteiger partial charge < -0.3 is 15.8 Å². The van der Waals surface area contributed by atoms with Crippen LogP contribution < -0.4 is 10.6 Å². The third-order valence-electron chi connectivity index (χ3n) is 5.10. The van der Waals surface area contributed by atoms with E-state index in [1.54, 1.807) is 0 Å². The number of rotatable bonds is 4. The average Bonchev–Trinajstić information content (AvgIpc) is 3.09. The molecule has 2 fully saturated rings. The van der Waals surface area contributed by atoms with E-state index < -0.39 is 0 Å². The predicted octanol–water partition coefficient (Wildman–Crippen LogP) is 2.65. The minimum atomic E-state index is 0.160. The van der Waals surface area contributed by atoms with Crippen LogP contribution in [-0.4, -0.2) is 24.6 Å². The fourth-order valence-electron chi connectivity index (χ4n) is 4.00. The van der Waals surface area contributed by atoms with Gasteiger partial charge in [-0.2, -0.15) is 0 Å². The summed E-state index contributed by atoms with van der Waals surface area (Å²) < 4.78 is 0. The van der Waals surface area contributed by atoms with Crippen LogP contribution in [0.5, 0.6) is 0 Å². The van der Waals surface area contributed by atoms with E-state index in [0.29, 0.717) is 0 Å². The molecule has 1 aromatic rings. The van der Waals surface area contributed by atoms with E-state index in [1.807, 2.05) is 24.3 Å². The standard InChI is InChI=1S/C16H23N3O/c1-19(10-14-9-11-2-3-13(14)8-11)15-6-4-12(5-7-15)16(17)18-20/h4-7,11,13-14,20H,2-3,8-10H2,1H3,(H2,17,18). The van der Waals surface area contributed by atoms with Gasteiger partial charge in [0.15, 0.2) is 5.84 Å². The van der Waals surface area contributed by atoms with Crippen molar-refractivity contribution >= 4 is 11.5 Å². The Morgan fingerprint density at radius 1 is 1.30 bits per heavy atom. The zero-order valence-electron chi connectivity index (χ0n) is 12.0. The van der Waals surface area contributed by atoms with Crippen molar-refractivity contribution in [2.75, 3.05) is 18.5 Å². The van der Waals surface area contributed by atoms with Gasteiger partial charge in [-0.05, 0) is 61.3 Å².